The Morgan fingerprint density at radius 2 is 2.00 bits per heavy atom. The van der Waals surface area contributed by atoms with Gasteiger partial charge in [0.2, 0.25) is 5.43 Å². The molecule has 0 aliphatic heterocycles. The van der Waals surface area contributed by atoms with E-state index in [-0.39, 0.29) is 15.8 Å². The lowest BCUT2D eigenvalue weighted by Gasteiger charge is -2.03. The fourth-order valence-electron chi connectivity index (χ4n) is 1.59. The van der Waals surface area contributed by atoms with Crippen molar-refractivity contribution in [3.63, 3.8) is 0 Å². The molecule has 0 bridgehead atoms. The number of halogens is 1. The highest BCUT2D eigenvalue weighted by Gasteiger charge is 2.18. The van der Waals surface area contributed by atoms with Crippen LogP contribution in [0.5, 0.6) is 0 Å². The minimum atomic E-state index is -4.02. The van der Waals surface area contributed by atoms with Crippen molar-refractivity contribution in [3.8, 4) is 0 Å². The molecule has 18 heavy (non-hydrogen) atoms. The lowest BCUT2D eigenvalue weighted by Crippen LogP contribution is -2.15. The van der Waals surface area contributed by atoms with Gasteiger partial charge in [-0.15, -0.1) is 0 Å². The van der Waals surface area contributed by atoms with Gasteiger partial charge >= 0.3 is 5.97 Å². The number of aromatic carboxylic acids is 1. The van der Waals surface area contributed by atoms with E-state index in [0.717, 1.165) is 6.20 Å². The summed E-state index contributed by atoms with van der Waals surface area (Å²) in [5.74, 6) is -1.39. The molecule has 0 fully saturated rings. The van der Waals surface area contributed by atoms with Crippen molar-refractivity contribution < 1.29 is 18.3 Å². The van der Waals surface area contributed by atoms with Crippen molar-refractivity contribution in [2.75, 3.05) is 0 Å². The van der Waals surface area contributed by atoms with Gasteiger partial charge in [0.1, 0.15) is 10.5 Å². The van der Waals surface area contributed by atoms with Crippen LogP contribution in [-0.4, -0.2) is 24.5 Å². The van der Waals surface area contributed by atoms with E-state index in [1.165, 1.54) is 18.2 Å². The molecule has 1 aromatic carbocycles. The summed E-state index contributed by atoms with van der Waals surface area (Å²) in [6.07, 6.45) is 0.943. The highest BCUT2D eigenvalue weighted by molar-refractivity contribution is 8.14. The van der Waals surface area contributed by atoms with Crippen molar-refractivity contribution in [1.82, 2.24) is 4.98 Å². The fourth-order valence-corrected chi connectivity index (χ4v) is 2.63. The fraction of sp³-hybridized carbons (Fsp3) is 0. The van der Waals surface area contributed by atoms with Crippen LogP contribution in [0.25, 0.3) is 10.9 Å². The van der Waals surface area contributed by atoms with Crippen LogP contribution in [0.1, 0.15) is 10.4 Å². The van der Waals surface area contributed by atoms with E-state index >= 15 is 0 Å². The number of H-pyrrole nitrogens is 1. The molecule has 0 radical (unpaired) electrons. The smallest absolute Gasteiger partial charge is 0.341 e. The molecule has 0 atom stereocenters. The van der Waals surface area contributed by atoms with Crippen molar-refractivity contribution in [2.45, 2.75) is 4.90 Å². The van der Waals surface area contributed by atoms with Gasteiger partial charge in [0.05, 0.1) is 5.52 Å². The van der Waals surface area contributed by atoms with Crippen LogP contribution in [-0.2, 0) is 9.05 Å². The van der Waals surface area contributed by atoms with Crippen molar-refractivity contribution in [3.05, 3.63) is 40.2 Å². The molecule has 0 spiro atoms. The molecule has 2 N–H and O–H groups in total. The Morgan fingerprint density at radius 1 is 1.33 bits per heavy atom. The largest absolute Gasteiger partial charge is 0.477 e. The normalized spacial score (nSPS) is 11.6. The van der Waals surface area contributed by atoms with Gasteiger partial charge in [-0.2, -0.15) is 0 Å². The zero-order chi connectivity index (χ0) is 13.5. The molecule has 0 amide bonds. The number of rotatable bonds is 2. The molecule has 2 aromatic rings. The second-order valence-corrected chi connectivity index (χ2v) is 5.99. The lowest BCUT2D eigenvalue weighted by atomic mass is 10.1. The first-order valence-electron chi connectivity index (χ1n) is 4.64. The topological polar surface area (TPSA) is 104 Å². The summed E-state index contributed by atoms with van der Waals surface area (Å²) in [6, 6.07) is 3.87. The summed E-state index contributed by atoms with van der Waals surface area (Å²) in [4.78, 5) is 24.8. The van der Waals surface area contributed by atoms with Crippen molar-refractivity contribution in [1.29, 1.82) is 0 Å². The lowest BCUT2D eigenvalue weighted by molar-refractivity contribution is 0.0695. The summed E-state index contributed by atoms with van der Waals surface area (Å²) < 4.78 is 22.6. The Labute approximate surface area is 105 Å². The molecular formula is C10H6ClNO5S. The highest BCUT2D eigenvalue weighted by Crippen LogP contribution is 2.22. The predicted octanol–water partition coefficient (Wildman–Crippen LogP) is 1.15. The van der Waals surface area contributed by atoms with Crippen LogP contribution in [0.15, 0.2) is 34.1 Å². The molecule has 0 saturated heterocycles. The van der Waals surface area contributed by atoms with Crippen LogP contribution >= 0.6 is 10.7 Å². The first-order chi connectivity index (χ1) is 8.32. The summed E-state index contributed by atoms with van der Waals surface area (Å²) in [7, 11) is 1.20. The van der Waals surface area contributed by atoms with E-state index in [0.29, 0.717) is 0 Å². The van der Waals surface area contributed by atoms with Gasteiger partial charge < -0.3 is 10.1 Å². The number of aromatic amines is 1. The van der Waals surface area contributed by atoms with Crippen LogP contribution in [0.2, 0.25) is 0 Å². The standard InChI is InChI=1S/C10H6ClNO5S/c11-18(16,17)7-3-1-2-5-8(7)12-4-6(9(5)13)10(14)15/h1-4H,(H,12,13)(H,14,15). The summed E-state index contributed by atoms with van der Waals surface area (Å²) in [5.41, 5.74) is -1.24. The van der Waals surface area contributed by atoms with Gasteiger partial charge in [-0.3, -0.25) is 4.79 Å². The molecular weight excluding hydrogens is 282 g/mol. The third-order valence-electron chi connectivity index (χ3n) is 2.37. The molecule has 1 aromatic heterocycles. The molecule has 2 rings (SSSR count). The number of carboxylic acids is 1. The van der Waals surface area contributed by atoms with Gasteiger partial charge in [-0.1, -0.05) is 6.07 Å². The van der Waals surface area contributed by atoms with Crippen molar-refractivity contribution in [2.24, 2.45) is 0 Å². The van der Waals surface area contributed by atoms with E-state index < -0.39 is 26.0 Å². The SMILES string of the molecule is O=C(O)c1c[nH]c2c(S(=O)(=O)Cl)cccc2c1=O. The summed E-state index contributed by atoms with van der Waals surface area (Å²) in [6.45, 7) is 0. The first kappa shape index (κ1) is 12.6. The molecule has 6 nitrogen and oxygen atoms in total. The number of pyridine rings is 1. The number of hydrogen-bond acceptors (Lipinski definition) is 4. The Balaban J connectivity index is 2.97. The molecule has 0 saturated carbocycles. The number of fused-ring (bicyclic) bond motifs is 1. The summed E-state index contributed by atoms with van der Waals surface area (Å²) >= 11 is 0. The van der Waals surface area contributed by atoms with Crippen LogP contribution in [0, 0.1) is 0 Å². The second kappa shape index (κ2) is 4.11. The summed E-state index contributed by atoms with van der Waals surface area (Å²) in [5, 5.41) is 8.75. The maximum atomic E-state index is 11.8. The predicted molar refractivity (Wildman–Crippen MR) is 64.6 cm³/mol. The maximum Gasteiger partial charge on any atom is 0.341 e. The van der Waals surface area contributed by atoms with Gasteiger partial charge in [-0.25, -0.2) is 13.2 Å². The van der Waals surface area contributed by atoms with E-state index in [2.05, 4.69) is 4.98 Å². The van der Waals surface area contributed by atoms with Crippen molar-refractivity contribution >= 4 is 36.6 Å². The zero-order valence-corrected chi connectivity index (χ0v) is 10.2. The molecule has 8 heteroatoms. The number of hydrogen-bond donors (Lipinski definition) is 2. The molecule has 1 heterocycles. The van der Waals surface area contributed by atoms with Crippen LogP contribution in [0.3, 0.4) is 0 Å². The monoisotopic (exact) mass is 287 g/mol. The minimum Gasteiger partial charge on any atom is -0.477 e. The average molecular weight is 288 g/mol. The molecule has 0 aliphatic carbocycles. The number of carboxylic acid groups (broad SMARTS) is 1. The van der Waals surface area contributed by atoms with E-state index in [4.69, 9.17) is 15.8 Å². The molecule has 0 aliphatic rings. The third-order valence-corrected chi connectivity index (χ3v) is 3.73. The first-order valence-corrected chi connectivity index (χ1v) is 6.95. The van der Waals surface area contributed by atoms with Gasteiger partial charge in [0.15, 0.2) is 0 Å². The number of nitrogens with one attached hydrogen (secondary N) is 1. The van der Waals surface area contributed by atoms with E-state index in [1.54, 1.807) is 0 Å². The van der Waals surface area contributed by atoms with Crippen LogP contribution in [0.4, 0.5) is 0 Å². The Kier molecular flexibility index (Phi) is 2.88. The van der Waals surface area contributed by atoms with Gasteiger partial charge in [0.25, 0.3) is 9.05 Å². The molecule has 94 valence electrons. The second-order valence-electron chi connectivity index (χ2n) is 3.45. The Bertz CT molecular complexity index is 809. The minimum absolute atomic E-state index is 0.0116. The number of aromatic nitrogens is 1. The quantitative estimate of drug-likeness (QED) is 0.806. The average Bonchev–Trinajstić information content (AvgIpc) is 2.27. The van der Waals surface area contributed by atoms with E-state index in [1.807, 2.05) is 0 Å². The Hall–Kier alpha value is -1.86. The van der Waals surface area contributed by atoms with Gasteiger partial charge in [0, 0.05) is 22.3 Å². The number of carbonyl (C=O) groups is 1. The number of benzene rings is 1. The van der Waals surface area contributed by atoms with Gasteiger partial charge in [-0.05, 0) is 12.1 Å². The molecule has 0 unspecified atom stereocenters. The third kappa shape index (κ3) is 1.98. The highest BCUT2D eigenvalue weighted by atomic mass is 35.7. The van der Waals surface area contributed by atoms with Crippen LogP contribution < -0.4 is 5.43 Å². The Morgan fingerprint density at radius 3 is 2.56 bits per heavy atom. The zero-order valence-electron chi connectivity index (χ0n) is 8.68. The number of para-hydroxylation sites is 1. The van der Waals surface area contributed by atoms with E-state index in [9.17, 15) is 18.0 Å². The maximum absolute atomic E-state index is 11.8.